The first kappa shape index (κ1) is 20.9. The number of aromatic carboxylic acids is 2. The Bertz CT molecular complexity index is 1210. The molecular formula is C26H20O6. The summed E-state index contributed by atoms with van der Waals surface area (Å²) in [6, 6.07) is 22.2. The van der Waals surface area contributed by atoms with Gasteiger partial charge >= 0.3 is 11.9 Å². The Morgan fingerprint density at radius 1 is 0.781 bits per heavy atom. The molecule has 0 spiro atoms. The van der Waals surface area contributed by atoms with Gasteiger partial charge in [0.25, 0.3) is 0 Å². The third-order valence-corrected chi connectivity index (χ3v) is 5.06. The number of carboxylic acids is 2. The van der Waals surface area contributed by atoms with Crippen LogP contribution in [0.25, 0.3) is 0 Å². The fourth-order valence-electron chi connectivity index (χ4n) is 3.55. The molecule has 0 bridgehead atoms. The van der Waals surface area contributed by atoms with Gasteiger partial charge < -0.3 is 19.7 Å². The molecule has 1 aliphatic carbocycles. The van der Waals surface area contributed by atoms with Gasteiger partial charge in [0.15, 0.2) is 5.60 Å². The van der Waals surface area contributed by atoms with E-state index in [1.807, 2.05) is 42.5 Å². The summed E-state index contributed by atoms with van der Waals surface area (Å²) in [4.78, 5) is 22.7. The Morgan fingerprint density at radius 3 is 2.06 bits per heavy atom. The molecule has 0 saturated heterocycles. The fraction of sp³-hybridized carbons (Fsp3) is 0.0769. The van der Waals surface area contributed by atoms with E-state index in [1.165, 1.54) is 24.3 Å². The Kier molecular flexibility index (Phi) is 5.77. The smallest absolute Gasteiger partial charge is 0.335 e. The molecule has 6 nitrogen and oxygen atoms in total. The molecule has 1 atom stereocenters. The molecule has 3 aromatic carbocycles. The predicted octanol–water partition coefficient (Wildman–Crippen LogP) is 5.28. The molecule has 3 aromatic rings. The highest BCUT2D eigenvalue weighted by molar-refractivity contribution is 5.88. The number of ether oxygens (including phenoxy) is 2. The zero-order valence-corrected chi connectivity index (χ0v) is 17.0. The highest BCUT2D eigenvalue weighted by Gasteiger charge is 2.35. The molecule has 160 valence electrons. The van der Waals surface area contributed by atoms with E-state index in [2.05, 4.69) is 0 Å². The lowest BCUT2D eigenvalue weighted by Gasteiger charge is -2.34. The van der Waals surface area contributed by atoms with Gasteiger partial charge in [-0.15, -0.1) is 0 Å². The molecule has 0 aliphatic heterocycles. The van der Waals surface area contributed by atoms with E-state index in [9.17, 15) is 19.8 Å². The lowest BCUT2D eigenvalue weighted by atomic mass is 9.86. The second-order valence-corrected chi connectivity index (χ2v) is 7.29. The minimum Gasteiger partial charge on any atom is -0.478 e. The van der Waals surface area contributed by atoms with Gasteiger partial charge in [-0.2, -0.15) is 0 Å². The van der Waals surface area contributed by atoms with Gasteiger partial charge in [-0.3, -0.25) is 0 Å². The SMILES string of the molecule is O=C(O)c1cccc(OC2=CC=CC(Oc3cccc(C(=O)O)c3)(c3ccccc3)C2)c1. The van der Waals surface area contributed by atoms with Crippen molar-refractivity contribution in [2.75, 3.05) is 0 Å². The lowest BCUT2D eigenvalue weighted by Crippen LogP contribution is -2.33. The third-order valence-electron chi connectivity index (χ3n) is 5.06. The van der Waals surface area contributed by atoms with Crippen LogP contribution in [0.4, 0.5) is 0 Å². The Labute approximate surface area is 184 Å². The van der Waals surface area contributed by atoms with E-state index in [4.69, 9.17) is 9.47 Å². The second-order valence-electron chi connectivity index (χ2n) is 7.29. The van der Waals surface area contributed by atoms with Gasteiger partial charge in [-0.1, -0.05) is 48.5 Å². The maximum Gasteiger partial charge on any atom is 0.335 e. The summed E-state index contributed by atoms with van der Waals surface area (Å²) < 4.78 is 12.4. The molecule has 0 heterocycles. The number of carboxylic acid groups (broad SMARTS) is 2. The fourth-order valence-corrected chi connectivity index (χ4v) is 3.55. The minimum absolute atomic E-state index is 0.128. The zero-order chi connectivity index (χ0) is 22.6. The maximum atomic E-state index is 11.4. The van der Waals surface area contributed by atoms with Crippen LogP contribution in [0.2, 0.25) is 0 Å². The third kappa shape index (κ3) is 4.54. The first-order chi connectivity index (χ1) is 15.4. The van der Waals surface area contributed by atoms with Crippen LogP contribution in [-0.2, 0) is 5.60 Å². The summed E-state index contributed by atoms with van der Waals surface area (Å²) in [6.07, 6.45) is 5.83. The van der Waals surface area contributed by atoms with Crippen molar-refractivity contribution in [2.45, 2.75) is 12.0 Å². The number of carbonyl (C=O) groups is 2. The van der Waals surface area contributed by atoms with Crippen LogP contribution in [0.15, 0.2) is 103 Å². The minimum atomic E-state index is -1.04. The summed E-state index contributed by atoms with van der Waals surface area (Å²) in [5.74, 6) is -0.680. The van der Waals surface area contributed by atoms with E-state index in [0.29, 0.717) is 23.7 Å². The van der Waals surface area contributed by atoms with Gasteiger partial charge in [0.05, 0.1) is 17.5 Å². The summed E-state index contributed by atoms with van der Waals surface area (Å²) in [5.41, 5.74) is 0.186. The molecule has 6 heteroatoms. The molecular weight excluding hydrogens is 408 g/mol. The number of hydrogen-bond donors (Lipinski definition) is 2. The van der Waals surface area contributed by atoms with Crippen LogP contribution in [0.3, 0.4) is 0 Å². The topological polar surface area (TPSA) is 93.1 Å². The zero-order valence-electron chi connectivity index (χ0n) is 17.0. The quantitative estimate of drug-likeness (QED) is 0.532. The van der Waals surface area contributed by atoms with Crippen molar-refractivity contribution in [3.05, 3.63) is 120 Å². The Morgan fingerprint density at radius 2 is 1.41 bits per heavy atom. The van der Waals surface area contributed by atoms with Crippen molar-refractivity contribution in [3.8, 4) is 11.5 Å². The Balaban J connectivity index is 1.66. The van der Waals surface area contributed by atoms with Gasteiger partial charge in [0.1, 0.15) is 17.3 Å². The standard InChI is InChI=1S/C26H20O6/c27-24(28)18-7-4-11-21(15-18)31-23-13-6-14-26(17-23,20-9-2-1-3-10-20)32-22-12-5-8-19(16-22)25(29)30/h1-16H,17H2,(H,27,28)(H,29,30). The van der Waals surface area contributed by atoms with E-state index >= 15 is 0 Å². The average Bonchev–Trinajstić information content (AvgIpc) is 2.80. The normalized spacial score (nSPS) is 17.3. The highest BCUT2D eigenvalue weighted by atomic mass is 16.5. The van der Waals surface area contributed by atoms with Crippen LogP contribution in [0.1, 0.15) is 32.7 Å². The van der Waals surface area contributed by atoms with Gasteiger partial charge in [0, 0.05) is 0 Å². The Hall–Kier alpha value is -4.32. The van der Waals surface area contributed by atoms with Crippen molar-refractivity contribution in [2.24, 2.45) is 0 Å². The summed E-state index contributed by atoms with van der Waals surface area (Å²) in [5, 5.41) is 18.6. The van der Waals surface area contributed by atoms with Crippen LogP contribution >= 0.6 is 0 Å². The van der Waals surface area contributed by atoms with E-state index in [0.717, 1.165) is 5.56 Å². The van der Waals surface area contributed by atoms with Crippen LogP contribution in [0.5, 0.6) is 11.5 Å². The average molecular weight is 428 g/mol. The highest BCUT2D eigenvalue weighted by Crippen LogP contribution is 2.39. The molecule has 0 radical (unpaired) electrons. The summed E-state index contributed by atoms with van der Waals surface area (Å²) in [7, 11) is 0. The van der Waals surface area contributed by atoms with Gasteiger partial charge in [-0.05, 0) is 54.1 Å². The molecule has 0 aromatic heterocycles. The molecule has 32 heavy (non-hydrogen) atoms. The second kappa shape index (κ2) is 8.81. The van der Waals surface area contributed by atoms with Crippen LogP contribution in [0, 0.1) is 0 Å². The molecule has 1 unspecified atom stereocenters. The predicted molar refractivity (Wildman–Crippen MR) is 118 cm³/mol. The van der Waals surface area contributed by atoms with Crippen molar-refractivity contribution in [1.82, 2.24) is 0 Å². The van der Waals surface area contributed by atoms with Crippen molar-refractivity contribution in [3.63, 3.8) is 0 Å². The monoisotopic (exact) mass is 428 g/mol. The van der Waals surface area contributed by atoms with Crippen LogP contribution < -0.4 is 9.47 Å². The van der Waals surface area contributed by atoms with E-state index < -0.39 is 17.5 Å². The summed E-state index contributed by atoms with van der Waals surface area (Å²) >= 11 is 0. The number of benzene rings is 3. The van der Waals surface area contributed by atoms with Crippen molar-refractivity contribution in [1.29, 1.82) is 0 Å². The number of hydrogen-bond acceptors (Lipinski definition) is 4. The van der Waals surface area contributed by atoms with Crippen molar-refractivity contribution < 1.29 is 29.3 Å². The molecule has 0 saturated carbocycles. The van der Waals surface area contributed by atoms with Crippen LogP contribution in [-0.4, -0.2) is 22.2 Å². The molecule has 0 amide bonds. The van der Waals surface area contributed by atoms with Gasteiger partial charge in [-0.25, -0.2) is 9.59 Å². The molecule has 2 N–H and O–H groups in total. The lowest BCUT2D eigenvalue weighted by molar-refractivity contribution is 0.0685. The molecule has 0 fully saturated rings. The molecule has 4 rings (SSSR count). The van der Waals surface area contributed by atoms with Crippen molar-refractivity contribution >= 4 is 11.9 Å². The first-order valence-corrected chi connectivity index (χ1v) is 9.93. The van der Waals surface area contributed by atoms with Gasteiger partial charge in [0.2, 0.25) is 0 Å². The largest absolute Gasteiger partial charge is 0.478 e. The number of rotatable bonds is 7. The van der Waals surface area contributed by atoms with E-state index in [1.54, 1.807) is 30.3 Å². The maximum absolute atomic E-state index is 11.4. The first-order valence-electron chi connectivity index (χ1n) is 9.93. The van der Waals surface area contributed by atoms with E-state index in [-0.39, 0.29) is 11.1 Å². The number of allylic oxidation sites excluding steroid dienone is 2. The summed E-state index contributed by atoms with van der Waals surface area (Å²) in [6.45, 7) is 0. The molecule has 1 aliphatic rings.